The topological polar surface area (TPSA) is 52.0 Å². The smallest absolute Gasteiger partial charge is 0.199 e. The van der Waals surface area contributed by atoms with Crippen LogP contribution in [-0.4, -0.2) is 17.6 Å². The van der Waals surface area contributed by atoms with E-state index in [1.54, 1.807) is 36.4 Å². The van der Waals surface area contributed by atoms with E-state index in [0.29, 0.717) is 12.1 Å². The molecule has 0 spiro atoms. The van der Waals surface area contributed by atoms with Crippen LogP contribution in [0.5, 0.6) is 0 Å². The summed E-state index contributed by atoms with van der Waals surface area (Å²) in [5.41, 5.74) is 1.69. The first-order valence-electron chi connectivity index (χ1n) is 6.55. The fourth-order valence-electron chi connectivity index (χ4n) is 2.16. The Balaban J connectivity index is 2.00. The minimum Gasteiger partial charge on any atom is -0.199 e. The summed E-state index contributed by atoms with van der Waals surface area (Å²) in [6.07, 6.45) is 2.03. The summed E-state index contributed by atoms with van der Waals surface area (Å²) in [5.74, 6) is 0. The SMILES string of the molecule is O=S(=O)(c1ccccc1)n1nccc1Cc1ccccc1. The van der Waals surface area contributed by atoms with Gasteiger partial charge in [0, 0.05) is 6.42 Å². The van der Waals surface area contributed by atoms with Gasteiger partial charge in [-0.2, -0.15) is 17.6 Å². The Labute approximate surface area is 123 Å². The zero-order valence-electron chi connectivity index (χ0n) is 11.3. The second-order valence-electron chi connectivity index (χ2n) is 4.65. The molecule has 0 fully saturated rings. The van der Waals surface area contributed by atoms with Crippen molar-refractivity contribution < 1.29 is 8.42 Å². The first kappa shape index (κ1) is 13.6. The maximum atomic E-state index is 12.6. The largest absolute Gasteiger partial charge is 0.283 e. The average molecular weight is 298 g/mol. The monoisotopic (exact) mass is 298 g/mol. The van der Waals surface area contributed by atoms with Gasteiger partial charge in [-0.3, -0.25) is 0 Å². The first-order valence-corrected chi connectivity index (χ1v) is 7.99. The van der Waals surface area contributed by atoms with Crippen LogP contribution in [0.2, 0.25) is 0 Å². The molecule has 4 nitrogen and oxygen atoms in total. The van der Waals surface area contributed by atoms with Crippen molar-refractivity contribution in [3.05, 3.63) is 84.2 Å². The van der Waals surface area contributed by atoms with Crippen LogP contribution in [0, 0.1) is 0 Å². The third-order valence-corrected chi connectivity index (χ3v) is 4.83. The van der Waals surface area contributed by atoms with Crippen LogP contribution >= 0.6 is 0 Å². The van der Waals surface area contributed by atoms with Gasteiger partial charge in [0.15, 0.2) is 0 Å². The molecule has 3 rings (SSSR count). The molecular formula is C16H14N2O2S. The van der Waals surface area contributed by atoms with Crippen molar-refractivity contribution in [1.29, 1.82) is 0 Å². The predicted molar refractivity (Wildman–Crippen MR) is 80.5 cm³/mol. The molecule has 21 heavy (non-hydrogen) atoms. The molecule has 5 heteroatoms. The van der Waals surface area contributed by atoms with Crippen LogP contribution in [0.1, 0.15) is 11.3 Å². The van der Waals surface area contributed by atoms with E-state index < -0.39 is 10.0 Å². The van der Waals surface area contributed by atoms with Gasteiger partial charge in [0.1, 0.15) is 0 Å². The number of rotatable bonds is 4. The van der Waals surface area contributed by atoms with Crippen LogP contribution in [0.3, 0.4) is 0 Å². The summed E-state index contributed by atoms with van der Waals surface area (Å²) in [5, 5.41) is 3.99. The third-order valence-electron chi connectivity index (χ3n) is 3.18. The highest BCUT2D eigenvalue weighted by molar-refractivity contribution is 7.89. The van der Waals surface area contributed by atoms with Gasteiger partial charge >= 0.3 is 0 Å². The lowest BCUT2D eigenvalue weighted by Crippen LogP contribution is -2.17. The molecule has 106 valence electrons. The molecule has 0 saturated carbocycles. The molecule has 0 aliphatic carbocycles. The summed E-state index contributed by atoms with van der Waals surface area (Å²) in [4.78, 5) is 0.239. The van der Waals surface area contributed by atoms with E-state index >= 15 is 0 Å². The second-order valence-corrected chi connectivity index (χ2v) is 6.41. The highest BCUT2D eigenvalue weighted by Gasteiger charge is 2.20. The lowest BCUT2D eigenvalue weighted by atomic mass is 10.1. The van der Waals surface area contributed by atoms with E-state index in [2.05, 4.69) is 5.10 Å². The van der Waals surface area contributed by atoms with Gasteiger partial charge in [-0.1, -0.05) is 48.5 Å². The fourth-order valence-corrected chi connectivity index (χ4v) is 3.47. The van der Waals surface area contributed by atoms with Crippen LogP contribution in [-0.2, 0) is 16.4 Å². The number of benzene rings is 2. The molecule has 0 radical (unpaired) electrons. The van der Waals surface area contributed by atoms with Crippen molar-refractivity contribution in [2.24, 2.45) is 0 Å². The van der Waals surface area contributed by atoms with Gasteiger partial charge in [-0.15, -0.1) is 0 Å². The summed E-state index contributed by atoms with van der Waals surface area (Å²) in [7, 11) is -3.64. The van der Waals surface area contributed by atoms with Crippen molar-refractivity contribution in [2.75, 3.05) is 0 Å². The molecule has 0 unspecified atom stereocenters. The predicted octanol–water partition coefficient (Wildman–Crippen LogP) is 2.71. The maximum absolute atomic E-state index is 12.6. The highest BCUT2D eigenvalue weighted by Crippen LogP contribution is 2.16. The molecule has 1 aromatic heterocycles. The maximum Gasteiger partial charge on any atom is 0.283 e. The Morgan fingerprint density at radius 1 is 0.857 bits per heavy atom. The van der Waals surface area contributed by atoms with E-state index in [4.69, 9.17) is 0 Å². The summed E-state index contributed by atoms with van der Waals surface area (Å²) in [6.45, 7) is 0. The third kappa shape index (κ3) is 2.73. The van der Waals surface area contributed by atoms with Crippen LogP contribution in [0.4, 0.5) is 0 Å². The van der Waals surface area contributed by atoms with E-state index in [1.807, 2.05) is 30.3 Å². The van der Waals surface area contributed by atoms with Gasteiger partial charge in [0.05, 0.1) is 16.8 Å². The first-order chi connectivity index (χ1) is 10.2. The summed E-state index contributed by atoms with van der Waals surface area (Å²) < 4.78 is 26.3. The Morgan fingerprint density at radius 3 is 2.14 bits per heavy atom. The minimum atomic E-state index is -3.64. The zero-order chi connectivity index (χ0) is 14.7. The standard InChI is InChI=1S/C16H14N2O2S/c19-21(20,16-9-5-2-6-10-16)18-15(11-12-17-18)13-14-7-3-1-4-8-14/h1-12H,13H2. The molecule has 2 aromatic carbocycles. The summed E-state index contributed by atoms with van der Waals surface area (Å²) in [6, 6.07) is 19.8. The molecule has 0 aliphatic rings. The fraction of sp³-hybridized carbons (Fsp3) is 0.0625. The molecule has 0 saturated heterocycles. The Hall–Kier alpha value is -2.40. The quantitative estimate of drug-likeness (QED) is 0.744. The second kappa shape index (κ2) is 5.54. The van der Waals surface area contributed by atoms with Crippen molar-refractivity contribution in [2.45, 2.75) is 11.3 Å². The molecule has 0 aliphatic heterocycles. The van der Waals surface area contributed by atoms with Crippen molar-refractivity contribution in [1.82, 2.24) is 9.19 Å². The molecule has 0 N–H and O–H groups in total. The lowest BCUT2D eigenvalue weighted by molar-refractivity contribution is 0.577. The molecular weight excluding hydrogens is 284 g/mol. The van der Waals surface area contributed by atoms with Gasteiger partial charge in [-0.25, -0.2) is 0 Å². The Morgan fingerprint density at radius 2 is 1.48 bits per heavy atom. The van der Waals surface area contributed by atoms with E-state index in [0.717, 1.165) is 9.65 Å². The average Bonchev–Trinajstić information content (AvgIpc) is 2.98. The number of aromatic nitrogens is 2. The normalized spacial score (nSPS) is 11.4. The lowest BCUT2D eigenvalue weighted by Gasteiger charge is -2.08. The molecule has 3 aromatic rings. The highest BCUT2D eigenvalue weighted by atomic mass is 32.2. The Bertz CT molecular complexity index is 825. The van der Waals surface area contributed by atoms with E-state index in [1.165, 1.54) is 6.20 Å². The van der Waals surface area contributed by atoms with Crippen LogP contribution < -0.4 is 0 Å². The van der Waals surface area contributed by atoms with Gasteiger partial charge in [0.25, 0.3) is 10.0 Å². The van der Waals surface area contributed by atoms with E-state index in [-0.39, 0.29) is 4.90 Å². The summed E-state index contributed by atoms with van der Waals surface area (Å²) >= 11 is 0. The van der Waals surface area contributed by atoms with Crippen molar-refractivity contribution in [3.8, 4) is 0 Å². The van der Waals surface area contributed by atoms with Crippen LogP contribution in [0.25, 0.3) is 0 Å². The van der Waals surface area contributed by atoms with Gasteiger partial charge < -0.3 is 0 Å². The number of nitrogens with zero attached hydrogens (tertiary/aromatic N) is 2. The van der Waals surface area contributed by atoms with Crippen LogP contribution in [0.15, 0.2) is 77.8 Å². The zero-order valence-corrected chi connectivity index (χ0v) is 12.1. The number of hydrogen-bond donors (Lipinski definition) is 0. The molecule has 0 amide bonds. The molecule has 0 bridgehead atoms. The minimum absolute atomic E-state index is 0.239. The van der Waals surface area contributed by atoms with E-state index in [9.17, 15) is 8.42 Å². The van der Waals surface area contributed by atoms with Crippen molar-refractivity contribution >= 4 is 10.0 Å². The van der Waals surface area contributed by atoms with Gasteiger partial charge in [0.2, 0.25) is 0 Å². The van der Waals surface area contributed by atoms with Crippen molar-refractivity contribution in [3.63, 3.8) is 0 Å². The number of hydrogen-bond acceptors (Lipinski definition) is 3. The molecule has 1 heterocycles. The molecule has 0 atom stereocenters. The van der Waals surface area contributed by atoms with Gasteiger partial charge in [-0.05, 0) is 23.8 Å². The Kier molecular flexibility index (Phi) is 3.58.